The number of aliphatic hydroxyl groups excluding tert-OH is 1. The van der Waals surface area contributed by atoms with Gasteiger partial charge in [-0.15, -0.1) is 0 Å². The summed E-state index contributed by atoms with van der Waals surface area (Å²) in [5.41, 5.74) is 0. The fraction of sp³-hybridized carbons (Fsp3) is 0.722. The van der Waals surface area contributed by atoms with Crippen molar-refractivity contribution in [2.45, 2.75) is 329 Å². The number of hydrogen-bond donors (Lipinski definition) is 3. The van der Waals surface area contributed by atoms with E-state index < -0.39 is 97.5 Å². The lowest BCUT2D eigenvalue weighted by Crippen LogP contribution is -2.30. The predicted octanol–water partition coefficient (Wildman–Crippen LogP) is 21.8. The first-order valence-corrected chi connectivity index (χ1v) is 41.1. The highest BCUT2D eigenvalue weighted by molar-refractivity contribution is 7.47. The van der Waals surface area contributed by atoms with Crippen molar-refractivity contribution in [3.63, 3.8) is 0 Å². The van der Waals surface area contributed by atoms with Crippen LogP contribution in [0.4, 0.5) is 0 Å². The molecule has 0 amide bonds. The summed E-state index contributed by atoms with van der Waals surface area (Å²) in [5.74, 6) is -2.22. The molecule has 0 spiro atoms. The molecule has 19 heteroatoms. The van der Waals surface area contributed by atoms with Crippen molar-refractivity contribution in [1.29, 1.82) is 0 Å². The molecule has 0 fully saturated rings. The van der Waals surface area contributed by atoms with Crippen LogP contribution in [0.25, 0.3) is 0 Å². The number of carbonyl (C=O) groups excluding carboxylic acids is 4. The molecule has 3 N–H and O–H groups in total. The van der Waals surface area contributed by atoms with Crippen LogP contribution >= 0.6 is 15.6 Å². The van der Waals surface area contributed by atoms with Crippen molar-refractivity contribution in [2.75, 3.05) is 39.6 Å². The Morgan fingerprint density at radius 1 is 0.296 bits per heavy atom. The van der Waals surface area contributed by atoms with Crippen LogP contribution in [-0.4, -0.2) is 96.7 Å². The standard InChI is InChI=1S/C79H136O17P2/c1-5-9-13-17-21-25-29-32-34-35-36-37-39-42-45-48-52-56-60-64-77(82)90-70-75(96-79(84)66-62-58-54-50-46-40-31-27-23-19-15-11-7-3)72-94-98(87,88)92-68-73(80)67-91-97(85,86)93-71-74(95-78(83)65-61-57-53-49-43-28-24-20-16-12-8-4)69-89-76(81)63-59-55-51-47-44-41-38-33-30-26-22-18-14-10-6-2/h9-10,13-14,20-22,24-27,31-34,36-38,73-75,80H,5-8,11-12,15-19,23,28-30,35,39-72H2,1-4H3,(H,85,86)(H,87,88)/b13-9-,14-10-,24-20-,25-21-,26-22-,31-27-,34-32-,37-36-,38-33-. The molecule has 0 radical (unpaired) electrons. The van der Waals surface area contributed by atoms with Gasteiger partial charge in [0, 0.05) is 25.7 Å². The summed E-state index contributed by atoms with van der Waals surface area (Å²) in [7, 11) is -9.96. The van der Waals surface area contributed by atoms with E-state index in [-0.39, 0.29) is 25.7 Å². The minimum atomic E-state index is -4.98. The summed E-state index contributed by atoms with van der Waals surface area (Å²) in [4.78, 5) is 72.8. The van der Waals surface area contributed by atoms with Gasteiger partial charge in [-0.05, 0) is 141 Å². The number of carbonyl (C=O) groups is 4. The predicted molar refractivity (Wildman–Crippen MR) is 399 cm³/mol. The van der Waals surface area contributed by atoms with Crippen LogP contribution in [0.1, 0.15) is 310 Å². The molecule has 0 bridgehead atoms. The van der Waals surface area contributed by atoms with Crippen LogP contribution in [0, 0.1) is 0 Å². The molecular formula is C79H136O17P2. The molecule has 98 heavy (non-hydrogen) atoms. The van der Waals surface area contributed by atoms with E-state index >= 15 is 0 Å². The number of ether oxygens (including phenoxy) is 4. The molecule has 0 saturated carbocycles. The van der Waals surface area contributed by atoms with E-state index in [1.807, 2.05) is 0 Å². The summed E-state index contributed by atoms with van der Waals surface area (Å²) in [6, 6.07) is 0. The Labute approximate surface area is 594 Å². The molecular weight excluding hydrogens is 1280 g/mol. The van der Waals surface area contributed by atoms with Crippen LogP contribution in [0.15, 0.2) is 109 Å². The molecule has 564 valence electrons. The van der Waals surface area contributed by atoms with Gasteiger partial charge in [0.15, 0.2) is 12.2 Å². The zero-order chi connectivity index (χ0) is 71.8. The maximum absolute atomic E-state index is 13.1. The molecule has 0 rings (SSSR count). The van der Waals surface area contributed by atoms with Crippen LogP contribution in [-0.2, 0) is 65.4 Å². The first-order chi connectivity index (χ1) is 47.7. The molecule has 0 aliphatic rings. The van der Waals surface area contributed by atoms with E-state index in [0.717, 1.165) is 193 Å². The highest BCUT2D eigenvalue weighted by Crippen LogP contribution is 2.45. The number of hydrogen-bond acceptors (Lipinski definition) is 15. The van der Waals surface area contributed by atoms with E-state index in [9.17, 15) is 43.2 Å². The first kappa shape index (κ1) is 93.7. The van der Waals surface area contributed by atoms with Crippen LogP contribution in [0.5, 0.6) is 0 Å². The lowest BCUT2D eigenvalue weighted by atomic mass is 10.1. The maximum Gasteiger partial charge on any atom is 0.472 e. The van der Waals surface area contributed by atoms with Gasteiger partial charge in [-0.2, -0.15) is 0 Å². The lowest BCUT2D eigenvalue weighted by molar-refractivity contribution is -0.161. The van der Waals surface area contributed by atoms with Crippen molar-refractivity contribution < 1.29 is 80.2 Å². The average Bonchev–Trinajstić information content (AvgIpc) is 0.972. The first-order valence-electron chi connectivity index (χ1n) is 38.1. The van der Waals surface area contributed by atoms with Gasteiger partial charge in [0.25, 0.3) is 0 Å². The number of unbranched alkanes of at least 4 members (excludes halogenated alkanes) is 27. The molecule has 5 atom stereocenters. The van der Waals surface area contributed by atoms with Gasteiger partial charge in [0.1, 0.15) is 19.3 Å². The van der Waals surface area contributed by atoms with E-state index in [2.05, 4.69) is 137 Å². The van der Waals surface area contributed by atoms with Gasteiger partial charge in [-0.3, -0.25) is 37.3 Å². The zero-order valence-electron chi connectivity index (χ0n) is 61.4. The Kier molecular flexibility index (Phi) is 68.0. The SMILES string of the molecule is CC/C=C\C/C=C\C/C=C\C/C=C\CCCCCCCCC(=O)OCC(COP(=O)(O)OCC(O)COP(=O)(O)OCC(COC(=O)CCCCCCC/C=C\C/C=C\C/C=C\CC)OC(=O)CCCCCCC/C=C\CCCC)OC(=O)CCCCCCC/C=C\CCCCCC. The fourth-order valence-corrected chi connectivity index (χ4v) is 11.5. The Balaban J connectivity index is 5.33. The van der Waals surface area contributed by atoms with Crippen molar-refractivity contribution in [3.8, 4) is 0 Å². The lowest BCUT2D eigenvalue weighted by Gasteiger charge is -2.21. The average molecular weight is 1420 g/mol. The van der Waals surface area contributed by atoms with E-state index in [1.54, 1.807) is 0 Å². The number of allylic oxidation sites excluding steroid dienone is 18. The topological polar surface area (TPSA) is 237 Å². The van der Waals surface area contributed by atoms with Crippen LogP contribution in [0.2, 0.25) is 0 Å². The van der Waals surface area contributed by atoms with Crippen molar-refractivity contribution in [2.24, 2.45) is 0 Å². The molecule has 0 saturated heterocycles. The molecule has 5 unspecified atom stereocenters. The smallest absolute Gasteiger partial charge is 0.462 e. The van der Waals surface area contributed by atoms with Crippen LogP contribution in [0.3, 0.4) is 0 Å². The van der Waals surface area contributed by atoms with Crippen molar-refractivity contribution in [3.05, 3.63) is 109 Å². The second-order valence-corrected chi connectivity index (χ2v) is 28.1. The van der Waals surface area contributed by atoms with Gasteiger partial charge in [-0.1, -0.05) is 253 Å². The Morgan fingerprint density at radius 3 is 0.857 bits per heavy atom. The number of esters is 4. The fourth-order valence-electron chi connectivity index (χ4n) is 9.91. The molecule has 0 aromatic carbocycles. The molecule has 0 aromatic heterocycles. The van der Waals surface area contributed by atoms with Gasteiger partial charge in [0.05, 0.1) is 26.4 Å². The van der Waals surface area contributed by atoms with Crippen molar-refractivity contribution >= 4 is 39.5 Å². The highest BCUT2D eigenvalue weighted by atomic mass is 31.2. The minimum Gasteiger partial charge on any atom is -0.462 e. The Morgan fingerprint density at radius 2 is 0.541 bits per heavy atom. The largest absolute Gasteiger partial charge is 0.472 e. The summed E-state index contributed by atoms with van der Waals surface area (Å²) in [6.45, 7) is 4.55. The Hall–Kier alpha value is -4.28. The molecule has 0 aliphatic heterocycles. The summed E-state index contributed by atoms with van der Waals surface area (Å²) >= 11 is 0. The number of phosphoric acid groups is 2. The van der Waals surface area contributed by atoms with Crippen molar-refractivity contribution in [1.82, 2.24) is 0 Å². The quantitative estimate of drug-likeness (QED) is 0.0169. The maximum atomic E-state index is 13.1. The van der Waals surface area contributed by atoms with Gasteiger partial charge in [-0.25, -0.2) is 9.13 Å². The Bertz CT molecular complexity index is 2290. The van der Waals surface area contributed by atoms with E-state index in [1.165, 1.54) is 38.5 Å². The van der Waals surface area contributed by atoms with Gasteiger partial charge < -0.3 is 33.8 Å². The molecule has 0 aliphatic carbocycles. The second-order valence-electron chi connectivity index (χ2n) is 25.2. The van der Waals surface area contributed by atoms with Gasteiger partial charge in [0.2, 0.25) is 0 Å². The summed E-state index contributed by atoms with van der Waals surface area (Å²) in [6.07, 6.45) is 75.1. The summed E-state index contributed by atoms with van der Waals surface area (Å²) < 4.78 is 68.4. The monoisotopic (exact) mass is 1420 g/mol. The third-order valence-corrected chi connectivity index (χ3v) is 17.6. The third-order valence-electron chi connectivity index (χ3n) is 15.7. The third kappa shape index (κ3) is 70.2. The number of phosphoric ester groups is 2. The number of rotatable bonds is 71. The van der Waals surface area contributed by atoms with Gasteiger partial charge >= 0.3 is 39.5 Å². The minimum absolute atomic E-state index is 0.0796. The van der Waals surface area contributed by atoms with Crippen LogP contribution < -0.4 is 0 Å². The second kappa shape index (κ2) is 71.1. The zero-order valence-corrected chi connectivity index (χ0v) is 63.2. The molecule has 17 nitrogen and oxygen atoms in total. The number of aliphatic hydroxyl groups is 1. The highest BCUT2D eigenvalue weighted by Gasteiger charge is 2.30. The van der Waals surface area contributed by atoms with E-state index in [0.29, 0.717) is 25.7 Å². The molecule has 0 aromatic rings. The van der Waals surface area contributed by atoms with E-state index in [4.69, 9.17) is 37.0 Å². The summed E-state index contributed by atoms with van der Waals surface area (Å²) in [5, 5.41) is 10.6. The normalized spacial score (nSPS) is 14.6. The molecule has 0 heterocycles.